The Balaban J connectivity index is 1.86. The van der Waals surface area contributed by atoms with Crippen LogP contribution in [-0.2, 0) is 0 Å². The maximum atomic E-state index is 2.39. The Morgan fingerprint density at radius 2 is 1.28 bits per heavy atom. The Kier molecular flexibility index (Phi) is 4.96. The molecule has 0 fully saturated rings. The Bertz CT molecular complexity index is 825. The maximum absolute atomic E-state index is 2.39. The number of benzene rings is 2. The number of hydrogen-bond acceptors (Lipinski definition) is 0. The van der Waals surface area contributed by atoms with Crippen LogP contribution in [0.5, 0.6) is 0 Å². The molecule has 0 saturated heterocycles. The average molecular weight is 345 g/mol. The molecule has 128 valence electrons. The highest BCUT2D eigenvalue weighted by molar-refractivity contribution is 6.88. The van der Waals surface area contributed by atoms with Gasteiger partial charge in [0.25, 0.3) is 0 Å². The number of rotatable bonds is 3. The van der Waals surface area contributed by atoms with Crippen molar-refractivity contribution in [2.24, 2.45) is 5.92 Å². The molecule has 0 radical (unpaired) electrons. The van der Waals surface area contributed by atoms with E-state index < -0.39 is 8.07 Å². The normalized spacial score (nSPS) is 17.7. The molecule has 1 atom stereocenters. The zero-order valence-corrected chi connectivity index (χ0v) is 17.0. The zero-order chi connectivity index (χ0) is 18.0. The second-order valence-electron chi connectivity index (χ2n) is 8.09. The SMILES string of the molecule is CC1=CC(c2ccc(-c3ccc([Si](C)(C)C)cc3)cc2)=CC=CC1C. The molecule has 0 bridgehead atoms. The summed E-state index contributed by atoms with van der Waals surface area (Å²) >= 11 is 0. The maximum Gasteiger partial charge on any atom is 0.0775 e. The molecule has 25 heavy (non-hydrogen) atoms. The molecule has 0 saturated carbocycles. The van der Waals surface area contributed by atoms with E-state index in [1.807, 2.05) is 0 Å². The minimum atomic E-state index is -1.23. The molecular formula is C24H28Si. The van der Waals surface area contributed by atoms with Gasteiger partial charge in [-0.25, -0.2) is 0 Å². The predicted octanol–water partition coefficient (Wildman–Crippen LogP) is 6.43. The molecule has 0 heterocycles. The van der Waals surface area contributed by atoms with Crippen molar-refractivity contribution in [2.45, 2.75) is 33.5 Å². The molecular weight excluding hydrogens is 316 g/mol. The molecule has 3 rings (SSSR count). The average Bonchev–Trinajstić information content (AvgIpc) is 2.76. The third kappa shape index (κ3) is 4.11. The lowest BCUT2D eigenvalue weighted by Gasteiger charge is -2.16. The lowest BCUT2D eigenvalue weighted by atomic mass is 9.97. The first kappa shape index (κ1) is 17.7. The van der Waals surface area contributed by atoms with Crippen molar-refractivity contribution in [3.05, 3.63) is 84.0 Å². The summed E-state index contributed by atoms with van der Waals surface area (Å²) in [6.45, 7) is 11.6. The minimum absolute atomic E-state index is 0.512. The summed E-state index contributed by atoms with van der Waals surface area (Å²) < 4.78 is 0. The number of allylic oxidation sites excluding steroid dienone is 6. The summed E-state index contributed by atoms with van der Waals surface area (Å²) in [5.74, 6) is 0.512. The van der Waals surface area contributed by atoms with Gasteiger partial charge in [-0.05, 0) is 35.1 Å². The van der Waals surface area contributed by atoms with E-state index in [0.717, 1.165) is 0 Å². The Morgan fingerprint density at radius 3 is 1.84 bits per heavy atom. The summed E-state index contributed by atoms with van der Waals surface area (Å²) in [5, 5.41) is 1.51. The van der Waals surface area contributed by atoms with Crippen molar-refractivity contribution in [1.29, 1.82) is 0 Å². The molecule has 0 amide bonds. The van der Waals surface area contributed by atoms with Crippen LogP contribution in [0.1, 0.15) is 19.4 Å². The quantitative estimate of drug-likeness (QED) is 0.562. The van der Waals surface area contributed by atoms with E-state index in [9.17, 15) is 0 Å². The highest BCUT2D eigenvalue weighted by atomic mass is 28.3. The van der Waals surface area contributed by atoms with Crippen LogP contribution in [0, 0.1) is 5.92 Å². The van der Waals surface area contributed by atoms with Gasteiger partial charge in [0.15, 0.2) is 0 Å². The highest BCUT2D eigenvalue weighted by Crippen LogP contribution is 2.27. The molecule has 0 aromatic heterocycles. The molecule has 2 aromatic carbocycles. The first-order chi connectivity index (χ1) is 11.8. The van der Waals surface area contributed by atoms with Crippen molar-refractivity contribution in [2.75, 3.05) is 0 Å². The lowest BCUT2D eigenvalue weighted by Crippen LogP contribution is -2.37. The van der Waals surface area contributed by atoms with Gasteiger partial charge in [0, 0.05) is 0 Å². The molecule has 0 nitrogen and oxygen atoms in total. The summed E-state index contributed by atoms with van der Waals surface area (Å²) in [6, 6.07) is 18.1. The molecule has 0 spiro atoms. The molecule has 1 aliphatic carbocycles. The van der Waals surface area contributed by atoms with Crippen molar-refractivity contribution < 1.29 is 0 Å². The Labute approximate surface area is 153 Å². The van der Waals surface area contributed by atoms with Crippen molar-refractivity contribution in [3.8, 4) is 11.1 Å². The van der Waals surface area contributed by atoms with Gasteiger partial charge < -0.3 is 0 Å². The van der Waals surface area contributed by atoms with E-state index in [1.54, 1.807) is 0 Å². The van der Waals surface area contributed by atoms with Crippen LogP contribution >= 0.6 is 0 Å². The fourth-order valence-corrected chi connectivity index (χ4v) is 4.27. The minimum Gasteiger partial charge on any atom is -0.0776 e. The van der Waals surface area contributed by atoms with E-state index in [2.05, 4.69) is 106 Å². The molecule has 0 N–H and O–H groups in total. The fourth-order valence-electron chi connectivity index (χ4n) is 3.10. The van der Waals surface area contributed by atoms with Crippen molar-refractivity contribution in [3.63, 3.8) is 0 Å². The number of hydrogen-bond donors (Lipinski definition) is 0. The van der Waals surface area contributed by atoms with Gasteiger partial charge in [0.1, 0.15) is 0 Å². The summed E-state index contributed by atoms with van der Waals surface area (Å²) in [4.78, 5) is 0. The van der Waals surface area contributed by atoms with Crippen LogP contribution in [0.15, 0.2) is 78.4 Å². The largest absolute Gasteiger partial charge is 0.0776 e. The Hall–Kier alpha value is -2.12. The van der Waals surface area contributed by atoms with Gasteiger partial charge in [-0.1, -0.05) is 110 Å². The van der Waals surface area contributed by atoms with E-state index >= 15 is 0 Å². The highest BCUT2D eigenvalue weighted by Gasteiger charge is 2.15. The van der Waals surface area contributed by atoms with E-state index in [0.29, 0.717) is 5.92 Å². The molecule has 1 aliphatic rings. The Morgan fingerprint density at radius 1 is 0.760 bits per heavy atom. The van der Waals surface area contributed by atoms with Crippen molar-refractivity contribution >= 4 is 18.8 Å². The molecule has 1 unspecified atom stereocenters. The first-order valence-electron chi connectivity index (χ1n) is 9.12. The molecule has 2 aromatic rings. The van der Waals surface area contributed by atoms with Gasteiger partial charge in [-0.15, -0.1) is 0 Å². The monoisotopic (exact) mass is 344 g/mol. The topological polar surface area (TPSA) is 0 Å². The van der Waals surface area contributed by atoms with Crippen LogP contribution in [0.2, 0.25) is 19.6 Å². The fraction of sp³-hybridized carbons (Fsp3) is 0.250. The van der Waals surface area contributed by atoms with Gasteiger partial charge in [-0.3, -0.25) is 0 Å². The van der Waals surface area contributed by atoms with E-state index in [1.165, 1.54) is 33.0 Å². The smallest absolute Gasteiger partial charge is 0.0775 e. The molecule has 0 aliphatic heterocycles. The zero-order valence-electron chi connectivity index (χ0n) is 16.0. The van der Waals surface area contributed by atoms with Crippen LogP contribution in [-0.4, -0.2) is 8.07 Å². The van der Waals surface area contributed by atoms with Crippen molar-refractivity contribution in [1.82, 2.24) is 0 Å². The van der Waals surface area contributed by atoms with Crippen LogP contribution in [0.3, 0.4) is 0 Å². The molecule has 1 heteroatoms. The van der Waals surface area contributed by atoms with Gasteiger partial charge in [0.2, 0.25) is 0 Å². The summed E-state index contributed by atoms with van der Waals surface area (Å²) in [5.41, 5.74) is 6.55. The van der Waals surface area contributed by atoms with Crippen LogP contribution in [0.4, 0.5) is 0 Å². The first-order valence-corrected chi connectivity index (χ1v) is 12.6. The van der Waals surface area contributed by atoms with E-state index in [4.69, 9.17) is 0 Å². The summed E-state index contributed by atoms with van der Waals surface area (Å²) in [6.07, 6.45) is 8.95. The summed E-state index contributed by atoms with van der Waals surface area (Å²) in [7, 11) is -1.23. The third-order valence-corrected chi connectivity index (χ3v) is 7.14. The second-order valence-corrected chi connectivity index (χ2v) is 13.2. The van der Waals surface area contributed by atoms with Crippen LogP contribution in [0.25, 0.3) is 16.7 Å². The lowest BCUT2D eigenvalue weighted by molar-refractivity contribution is 0.866. The standard InChI is InChI=1S/C24H28Si/c1-18-7-6-8-23(17-19(18)2)22-11-9-20(10-12-22)21-13-15-24(16-14-21)25(3,4)5/h6-18H,1-5H3. The van der Waals surface area contributed by atoms with Crippen LogP contribution < -0.4 is 5.19 Å². The van der Waals surface area contributed by atoms with Gasteiger partial charge in [0.05, 0.1) is 8.07 Å². The van der Waals surface area contributed by atoms with Gasteiger partial charge >= 0.3 is 0 Å². The van der Waals surface area contributed by atoms with Gasteiger partial charge in [-0.2, -0.15) is 0 Å². The second kappa shape index (κ2) is 7.01. The van der Waals surface area contributed by atoms with E-state index in [-0.39, 0.29) is 0 Å². The predicted molar refractivity (Wildman–Crippen MR) is 115 cm³/mol. The third-order valence-electron chi connectivity index (χ3n) is 5.08.